The van der Waals surface area contributed by atoms with Crippen LogP contribution in [0.15, 0.2) is 65.7 Å². The minimum absolute atomic E-state index is 0.173. The number of imidazole rings is 1. The quantitative estimate of drug-likeness (QED) is 0.502. The number of fused-ring (bicyclic) bond motifs is 1. The first-order valence-corrected chi connectivity index (χ1v) is 9.18. The molecule has 0 aliphatic rings. The number of pyridine rings is 1. The molecule has 0 saturated carbocycles. The van der Waals surface area contributed by atoms with Gasteiger partial charge < -0.3 is 15.2 Å². The summed E-state index contributed by atoms with van der Waals surface area (Å²) >= 11 is 0. The summed E-state index contributed by atoms with van der Waals surface area (Å²) < 4.78 is 43.1. The van der Waals surface area contributed by atoms with Gasteiger partial charge in [-0.15, -0.1) is 13.2 Å². The van der Waals surface area contributed by atoms with Crippen molar-refractivity contribution in [2.45, 2.75) is 12.9 Å². The SMILES string of the molecule is CNc1ccc2c(Cn3cc(O)n(-c4ccc(OC(F)(F)F)cc4)c3=O)ccnc2c1. The predicted molar refractivity (Wildman–Crippen MR) is 109 cm³/mol. The molecule has 4 rings (SSSR count). The molecule has 0 bridgehead atoms. The van der Waals surface area contributed by atoms with Crippen LogP contribution in [-0.2, 0) is 6.54 Å². The van der Waals surface area contributed by atoms with Crippen LogP contribution in [0.5, 0.6) is 11.6 Å². The van der Waals surface area contributed by atoms with Gasteiger partial charge in [-0.2, -0.15) is 0 Å². The second kappa shape index (κ2) is 7.71. The fraction of sp³-hybridized carbons (Fsp3) is 0.143. The van der Waals surface area contributed by atoms with Gasteiger partial charge >= 0.3 is 12.1 Å². The lowest BCUT2D eigenvalue weighted by atomic mass is 10.1. The topological polar surface area (TPSA) is 81.3 Å². The molecule has 2 heterocycles. The maximum atomic E-state index is 12.9. The Bertz CT molecular complexity index is 1290. The van der Waals surface area contributed by atoms with E-state index in [1.807, 2.05) is 18.2 Å². The molecule has 0 atom stereocenters. The Kier molecular flexibility index (Phi) is 5.05. The van der Waals surface area contributed by atoms with Gasteiger partial charge in [-0.1, -0.05) is 6.07 Å². The van der Waals surface area contributed by atoms with Crippen LogP contribution in [0.25, 0.3) is 16.6 Å². The summed E-state index contributed by atoms with van der Waals surface area (Å²) in [5.41, 5.74) is 2.13. The second-order valence-corrected chi connectivity index (χ2v) is 6.73. The number of halogens is 3. The van der Waals surface area contributed by atoms with Gasteiger partial charge in [0.05, 0.1) is 23.9 Å². The molecule has 0 fully saturated rings. The lowest BCUT2D eigenvalue weighted by molar-refractivity contribution is -0.274. The minimum Gasteiger partial charge on any atom is -0.493 e. The lowest BCUT2D eigenvalue weighted by Crippen LogP contribution is -2.23. The zero-order valence-corrected chi connectivity index (χ0v) is 16.2. The van der Waals surface area contributed by atoms with E-state index in [1.165, 1.54) is 22.9 Å². The van der Waals surface area contributed by atoms with Crippen LogP contribution in [0.3, 0.4) is 0 Å². The Morgan fingerprint density at radius 1 is 1.13 bits per heavy atom. The number of nitrogens with one attached hydrogen (secondary N) is 1. The fourth-order valence-electron chi connectivity index (χ4n) is 3.32. The summed E-state index contributed by atoms with van der Waals surface area (Å²) in [5, 5.41) is 14.2. The summed E-state index contributed by atoms with van der Waals surface area (Å²) in [4.78, 5) is 17.2. The molecule has 0 amide bonds. The van der Waals surface area contributed by atoms with Crippen molar-refractivity contribution in [2.24, 2.45) is 0 Å². The van der Waals surface area contributed by atoms with Crippen LogP contribution in [0, 0.1) is 0 Å². The number of hydrogen-bond donors (Lipinski definition) is 2. The third kappa shape index (κ3) is 4.18. The Morgan fingerprint density at radius 2 is 1.87 bits per heavy atom. The van der Waals surface area contributed by atoms with E-state index >= 15 is 0 Å². The zero-order chi connectivity index (χ0) is 22.2. The fourth-order valence-corrected chi connectivity index (χ4v) is 3.32. The second-order valence-electron chi connectivity index (χ2n) is 6.73. The number of aromatic hydroxyl groups is 1. The molecule has 4 aromatic rings. The van der Waals surface area contributed by atoms with Crippen molar-refractivity contribution in [3.63, 3.8) is 0 Å². The molecule has 0 unspecified atom stereocenters. The smallest absolute Gasteiger partial charge is 0.493 e. The molecule has 0 aliphatic carbocycles. The highest BCUT2D eigenvalue weighted by Gasteiger charge is 2.31. The van der Waals surface area contributed by atoms with E-state index in [1.54, 1.807) is 19.3 Å². The van der Waals surface area contributed by atoms with E-state index < -0.39 is 17.8 Å². The van der Waals surface area contributed by atoms with E-state index in [0.29, 0.717) is 0 Å². The first kappa shape index (κ1) is 20.3. The molecule has 2 aromatic heterocycles. The number of aromatic nitrogens is 3. The first-order valence-electron chi connectivity index (χ1n) is 9.18. The van der Waals surface area contributed by atoms with Crippen LogP contribution in [0.1, 0.15) is 5.56 Å². The van der Waals surface area contributed by atoms with E-state index in [2.05, 4.69) is 15.0 Å². The van der Waals surface area contributed by atoms with Crippen molar-refractivity contribution in [1.29, 1.82) is 0 Å². The van der Waals surface area contributed by atoms with Crippen molar-refractivity contribution in [3.8, 4) is 17.3 Å². The van der Waals surface area contributed by atoms with Gasteiger partial charge in [0, 0.05) is 24.3 Å². The summed E-state index contributed by atoms with van der Waals surface area (Å²) in [6.07, 6.45) is -1.90. The molecule has 0 radical (unpaired) electrons. The largest absolute Gasteiger partial charge is 0.573 e. The van der Waals surface area contributed by atoms with Gasteiger partial charge in [0.25, 0.3) is 0 Å². The first-order chi connectivity index (χ1) is 14.7. The van der Waals surface area contributed by atoms with Gasteiger partial charge in [0.1, 0.15) is 5.75 Å². The normalized spacial score (nSPS) is 11.6. The van der Waals surface area contributed by atoms with E-state index in [0.717, 1.165) is 38.9 Å². The number of benzene rings is 2. The van der Waals surface area contributed by atoms with Crippen LogP contribution in [0.4, 0.5) is 18.9 Å². The Morgan fingerprint density at radius 3 is 2.55 bits per heavy atom. The zero-order valence-electron chi connectivity index (χ0n) is 16.2. The van der Waals surface area contributed by atoms with Crippen molar-refractivity contribution in [3.05, 3.63) is 77.0 Å². The van der Waals surface area contributed by atoms with E-state index in [9.17, 15) is 23.1 Å². The van der Waals surface area contributed by atoms with Gasteiger partial charge in [-0.25, -0.2) is 9.36 Å². The molecule has 0 aliphatic heterocycles. The lowest BCUT2D eigenvalue weighted by Gasteiger charge is -2.10. The van der Waals surface area contributed by atoms with E-state index in [4.69, 9.17) is 0 Å². The number of nitrogens with zero attached hydrogens (tertiary/aromatic N) is 3. The van der Waals surface area contributed by atoms with Crippen molar-refractivity contribution in [2.75, 3.05) is 12.4 Å². The third-order valence-corrected chi connectivity index (χ3v) is 4.73. The highest BCUT2D eigenvalue weighted by molar-refractivity contribution is 5.85. The average molecular weight is 430 g/mol. The highest BCUT2D eigenvalue weighted by atomic mass is 19.4. The molecule has 0 saturated heterocycles. The van der Waals surface area contributed by atoms with Crippen LogP contribution < -0.4 is 15.7 Å². The van der Waals surface area contributed by atoms with Crippen LogP contribution in [0.2, 0.25) is 0 Å². The number of anilines is 1. The predicted octanol–water partition coefficient (Wildman–Crippen LogP) is 3.88. The van der Waals surface area contributed by atoms with Crippen LogP contribution >= 0.6 is 0 Å². The highest BCUT2D eigenvalue weighted by Crippen LogP contribution is 2.25. The monoisotopic (exact) mass is 430 g/mol. The molecule has 10 heteroatoms. The Balaban J connectivity index is 1.67. The number of ether oxygens (including phenoxy) is 1. The molecule has 160 valence electrons. The number of hydrogen-bond acceptors (Lipinski definition) is 5. The molecule has 0 spiro atoms. The average Bonchev–Trinajstić information content (AvgIpc) is 3.00. The molecule has 2 N–H and O–H groups in total. The molecular formula is C21H17F3N4O3. The maximum absolute atomic E-state index is 12.9. The van der Waals surface area contributed by atoms with Crippen molar-refractivity contribution in [1.82, 2.24) is 14.1 Å². The van der Waals surface area contributed by atoms with Crippen molar-refractivity contribution >= 4 is 16.6 Å². The minimum atomic E-state index is -4.81. The summed E-state index contributed by atoms with van der Waals surface area (Å²) in [6, 6.07) is 12.1. The molecular weight excluding hydrogens is 413 g/mol. The van der Waals surface area contributed by atoms with Crippen molar-refractivity contribution < 1.29 is 23.0 Å². The third-order valence-electron chi connectivity index (χ3n) is 4.73. The number of rotatable bonds is 5. The van der Waals surface area contributed by atoms with Crippen LogP contribution in [-0.4, -0.2) is 32.6 Å². The standard InChI is InChI=1S/C21H17F3N4O3/c1-25-14-2-7-17-13(8-9-26-18(17)10-14)11-27-12-19(29)28(20(27)30)15-3-5-16(6-4-15)31-21(22,23)24/h2-10,12,25,29H,11H2,1H3. The van der Waals surface area contributed by atoms with E-state index in [-0.39, 0.29) is 18.1 Å². The Hall–Kier alpha value is -3.95. The van der Waals surface area contributed by atoms with Gasteiger partial charge in [0.2, 0.25) is 5.88 Å². The molecule has 31 heavy (non-hydrogen) atoms. The Labute approximate surface area is 174 Å². The summed E-state index contributed by atoms with van der Waals surface area (Å²) in [7, 11) is 1.80. The van der Waals surface area contributed by atoms with Gasteiger partial charge in [0.15, 0.2) is 0 Å². The summed E-state index contributed by atoms with van der Waals surface area (Å²) in [5.74, 6) is -0.766. The summed E-state index contributed by atoms with van der Waals surface area (Å²) in [6.45, 7) is 0.173. The van der Waals surface area contributed by atoms with Gasteiger partial charge in [-0.05, 0) is 48.0 Å². The maximum Gasteiger partial charge on any atom is 0.573 e. The molecule has 7 nitrogen and oxygen atoms in total. The number of alkyl halides is 3. The van der Waals surface area contributed by atoms with Gasteiger partial charge in [-0.3, -0.25) is 9.55 Å². The molecule has 2 aromatic carbocycles.